The Bertz CT molecular complexity index is 621. The van der Waals surface area contributed by atoms with Crippen molar-refractivity contribution < 1.29 is 18.3 Å². The molecule has 2 aromatic carbocycles. The van der Waals surface area contributed by atoms with Crippen LogP contribution >= 0.6 is 15.9 Å². The molecule has 0 saturated carbocycles. The van der Waals surface area contributed by atoms with E-state index in [1.54, 1.807) is 0 Å². The average Bonchev–Trinajstić information content (AvgIpc) is 2.39. The van der Waals surface area contributed by atoms with Gasteiger partial charge in [-0.3, -0.25) is 0 Å². The molecule has 106 valence electrons. The number of hydrogen-bond donors (Lipinski definition) is 2. The van der Waals surface area contributed by atoms with Crippen molar-refractivity contribution in [1.82, 2.24) is 0 Å². The molecule has 0 saturated heterocycles. The summed E-state index contributed by atoms with van der Waals surface area (Å²) in [5.41, 5.74) is 0.415. The largest absolute Gasteiger partial charge is 0.386 e. The van der Waals surface area contributed by atoms with Crippen LogP contribution in [0, 0.1) is 17.5 Å². The third-order valence-electron chi connectivity index (χ3n) is 2.74. The quantitative estimate of drug-likeness (QED) is 0.877. The molecule has 0 fully saturated rings. The highest BCUT2D eigenvalue weighted by Gasteiger charge is 2.14. The molecule has 0 radical (unpaired) electrons. The van der Waals surface area contributed by atoms with Gasteiger partial charge in [-0.1, -0.05) is 6.07 Å². The van der Waals surface area contributed by atoms with Crippen molar-refractivity contribution >= 4 is 21.6 Å². The van der Waals surface area contributed by atoms with Gasteiger partial charge in [0.2, 0.25) is 0 Å². The van der Waals surface area contributed by atoms with E-state index in [0.29, 0.717) is 16.2 Å². The van der Waals surface area contributed by atoms with Crippen molar-refractivity contribution in [2.24, 2.45) is 0 Å². The summed E-state index contributed by atoms with van der Waals surface area (Å²) in [6.45, 7) is -0.0371. The fraction of sp³-hybridized carbons (Fsp3) is 0.143. The maximum atomic E-state index is 13.5. The normalized spacial score (nSPS) is 12.2. The third kappa shape index (κ3) is 3.52. The molecule has 6 heteroatoms. The number of rotatable bonds is 4. The standard InChI is InChI=1S/C14H11BrF3NO/c15-11-4-2-9(17)6-13(11)19-7-14(20)10-3-1-8(16)5-12(10)18/h1-6,14,19-20H,7H2. The first-order chi connectivity index (χ1) is 9.47. The summed E-state index contributed by atoms with van der Waals surface area (Å²) in [6, 6.07) is 7.00. The van der Waals surface area contributed by atoms with Crippen LogP contribution in [0.2, 0.25) is 0 Å². The lowest BCUT2D eigenvalue weighted by Gasteiger charge is -2.15. The first-order valence-electron chi connectivity index (χ1n) is 5.79. The molecule has 1 atom stereocenters. The molecule has 0 aliphatic carbocycles. The second-order valence-electron chi connectivity index (χ2n) is 4.19. The Labute approximate surface area is 122 Å². The highest BCUT2D eigenvalue weighted by molar-refractivity contribution is 9.10. The van der Waals surface area contributed by atoms with Crippen molar-refractivity contribution in [3.63, 3.8) is 0 Å². The molecule has 0 heterocycles. The molecule has 2 rings (SSSR count). The minimum Gasteiger partial charge on any atom is -0.386 e. The van der Waals surface area contributed by atoms with Gasteiger partial charge in [-0.15, -0.1) is 0 Å². The average molecular weight is 346 g/mol. The highest BCUT2D eigenvalue weighted by atomic mass is 79.9. The van der Waals surface area contributed by atoms with Gasteiger partial charge in [-0.25, -0.2) is 13.2 Å². The van der Waals surface area contributed by atoms with Crippen molar-refractivity contribution in [3.05, 3.63) is 63.9 Å². The van der Waals surface area contributed by atoms with E-state index in [1.165, 1.54) is 24.3 Å². The molecule has 0 spiro atoms. The fourth-order valence-corrected chi connectivity index (χ4v) is 2.11. The Hall–Kier alpha value is -1.53. The maximum absolute atomic E-state index is 13.5. The van der Waals surface area contributed by atoms with Crippen molar-refractivity contribution in [2.45, 2.75) is 6.10 Å². The minimum absolute atomic E-state index is 0.0218. The first-order valence-corrected chi connectivity index (χ1v) is 6.58. The molecule has 2 nitrogen and oxygen atoms in total. The molecular weight excluding hydrogens is 335 g/mol. The Morgan fingerprint density at radius 2 is 1.70 bits per heavy atom. The van der Waals surface area contributed by atoms with Gasteiger partial charge in [0.25, 0.3) is 0 Å². The molecule has 1 unspecified atom stereocenters. The Kier molecular flexibility index (Phi) is 4.67. The molecule has 0 amide bonds. The summed E-state index contributed by atoms with van der Waals surface area (Å²) in [5, 5.41) is 12.7. The molecule has 0 aliphatic heterocycles. The van der Waals surface area contributed by atoms with Gasteiger partial charge in [0.15, 0.2) is 0 Å². The lowest BCUT2D eigenvalue weighted by Crippen LogP contribution is -2.14. The van der Waals surface area contributed by atoms with Crippen LogP contribution in [0.15, 0.2) is 40.9 Å². The molecule has 0 aromatic heterocycles. The number of halogens is 4. The van der Waals surface area contributed by atoms with Crippen LogP contribution in [-0.4, -0.2) is 11.7 Å². The van der Waals surface area contributed by atoms with Crippen LogP contribution in [0.5, 0.6) is 0 Å². The molecule has 2 aromatic rings. The Morgan fingerprint density at radius 3 is 2.40 bits per heavy atom. The van der Waals surface area contributed by atoms with Crippen molar-refractivity contribution in [1.29, 1.82) is 0 Å². The Balaban J connectivity index is 2.08. The maximum Gasteiger partial charge on any atom is 0.131 e. The summed E-state index contributed by atoms with van der Waals surface area (Å²) >= 11 is 3.23. The number of anilines is 1. The van der Waals surface area contributed by atoms with E-state index in [2.05, 4.69) is 21.2 Å². The lowest BCUT2D eigenvalue weighted by molar-refractivity contribution is 0.186. The van der Waals surface area contributed by atoms with Crippen LogP contribution < -0.4 is 5.32 Å². The molecular formula is C14H11BrF3NO. The predicted octanol–water partition coefficient (Wildman–Crippen LogP) is 4.01. The number of aliphatic hydroxyl groups excluding tert-OH is 1. The molecule has 0 bridgehead atoms. The second-order valence-corrected chi connectivity index (χ2v) is 5.04. The monoisotopic (exact) mass is 345 g/mol. The molecule has 0 aliphatic rings. The number of hydrogen-bond acceptors (Lipinski definition) is 2. The van der Waals surface area contributed by atoms with Crippen LogP contribution in [0.3, 0.4) is 0 Å². The van der Waals surface area contributed by atoms with Crippen LogP contribution in [0.1, 0.15) is 11.7 Å². The van der Waals surface area contributed by atoms with Gasteiger partial charge in [-0.05, 0) is 40.2 Å². The van der Waals surface area contributed by atoms with E-state index in [0.717, 1.165) is 6.07 Å². The van der Waals surface area contributed by atoms with Crippen molar-refractivity contribution in [3.8, 4) is 0 Å². The van der Waals surface area contributed by atoms with Gasteiger partial charge < -0.3 is 10.4 Å². The van der Waals surface area contributed by atoms with E-state index in [-0.39, 0.29) is 12.1 Å². The summed E-state index contributed by atoms with van der Waals surface area (Å²) in [7, 11) is 0. The minimum atomic E-state index is -1.18. The number of nitrogens with one attached hydrogen (secondary N) is 1. The van der Waals surface area contributed by atoms with Crippen LogP contribution in [0.4, 0.5) is 18.9 Å². The topological polar surface area (TPSA) is 32.3 Å². The SMILES string of the molecule is OC(CNc1cc(F)ccc1Br)c1ccc(F)cc1F. The zero-order valence-electron chi connectivity index (χ0n) is 10.2. The van der Waals surface area contributed by atoms with Gasteiger partial charge in [-0.2, -0.15) is 0 Å². The third-order valence-corrected chi connectivity index (χ3v) is 3.43. The summed E-state index contributed by atoms with van der Waals surface area (Å²) < 4.78 is 39.9. The molecule has 20 heavy (non-hydrogen) atoms. The number of aliphatic hydroxyl groups is 1. The van der Waals surface area contributed by atoms with Crippen LogP contribution in [0.25, 0.3) is 0 Å². The van der Waals surface area contributed by atoms with Gasteiger partial charge in [0, 0.05) is 22.6 Å². The van der Waals surface area contributed by atoms with E-state index in [9.17, 15) is 18.3 Å². The van der Waals surface area contributed by atoms with Gasteiger partial charge in [0.1, 0.15) is 17.5 Å². The van der Waals surface area contributed by atoms with E-state index in [4.69, 9.17) is 0 Å². The first kappa shape index (κ1) is 14.9. The summed E-state index contributed by atoms with van der Waals surface area (Å²) in [4.78, 5) is 0. The number of benzene rings is 2. The van der Waals surface area contributed by atoms with E-state index < -0.39 is 23.6 Å². The van der Waals surface area contributed by atoms with Crippen molar-refractivity contribution in [2.75, 3.05) is 11.9 Å². The molecule has 2 N–H and O–H groups in total. The smallest absolute Gasteiger partial charge is 0.131 e. The van der Waals surface area contributed by atoms with Gasteiger partial charge >= 0.3 is 0 Å². The van der Waals surface area contributed by atoms with E-state index >= 15 is 0 Å². The lowest BCUT2D eigenvalue weighted by atomic mass is 10.1. The Morgan fingerprint density at radius 1 is 1.05 bits per heavy atom. The second kappa shape index (κ2) is 6.28. The predicted molar refractivity (Wildman–Crippen MR) is 73.9 cm³/mol. The summed E-state index contributed by atoms with van der Waals surface area (Å²) in [6.07, 6.45) is -1.18. The van der Waals surface area contributed by atoms with E-state index in [1.807, 2.05) is 0 Å². The zero-order valence-corrected chi connectivity index (χ0v) is 11.8. The highest BCUT2D eigenvalue weighted by Crippen LogP contribution is 2.25. The zero-order chi connectivity index (χ0) is 14.7. The fourth-order valence-electron chi connectivity index (χ4n) is 1.72. The van der Waals surface area contributed by atoms with Crippen LogP contribution in [-0.2, 0) is 0 Å². The van der Waals surface area contributed by atoms with Gasteiger partial charge in [0.05, 0.1) is 11.8 Å². The summed E-state index contributed by atoms with van der Waals surface area (Å²) in [5.74, 6) is -1.96.